The third-order valence-electron chi connectivity index (χ3n) is 2.31. The first-order chi connectivity index (χ1) is 7.61. The van der Waals surface area contributed by atoms with Gasteiger partial charge in [0.05, 0.1) is 0 Å². The van der Waals surface area contributed by atoms with Gasteiger partial charge >= 0.3 is 0 Å². The molecule has 1 unspecified atom stereocenters. The van der Waals surface area contributed by atoms with Crippen molar-refractivity contribution in [2.24, 2.45) is 5.73 Å². The second-order valence-electron chi connectivity index (χ2n) is 3.84. The van der Waals surface area contributed by atoms with E-state index in [1.54, 1.807) is 17.8 Å². The first kappa shape index (κ1) is 13.3. The molecule has 16 heavy (non-hydrogen) atoms. The molecule has 1 aromatic carbocycles. The van der Waals surface area contributed by atoms with Crippen LogP contribution in [0.4, 0.5) is 4.39 Å². The maximum absolute atomic E-state index is 12.9. The van der Waals surface area contributed by atoms with Crippen LogP contribution in [0.5, 0.6) is 0 Å². The van der Waals surface area contributed by atoms with E-state index in [1.165, 1.54) is 17.7 Å². The quantitative estimate of drug-likeness (QED) is 0.606. The number of hydrogen-bond acceptors (Lipinski definition) is 2. The SMILES string of the molecule is C=C(CC)CC(N)CSc1cccc(F)c1. The van der Waals surface area contributed by atoms with E-state index >= 15 is 0 Å². The predicted octanol–water partition coefficient (Wildman–Crippen LogP) is 3.60. The van der Waals surface area contributed by atoms with Gasteiger partial charge in [-0.05, 0) is 31.0 Å². The predicted molar refractivity (Wildman–Crippen MR) is 69.1 cm³/mol. The molecule has 0 radical (unpaired) electrons. The molecular formula is C13H18FNS. The van der Waals surface area contributed by atoms with Gasteiger partial charge in [0.1, 0.15) is 5.82 Å². The summed E-state index contributed by atoms with van der Waals surface area (Å²) >= 11 is 1.59. The molecule has 0 heterocycles. The molecule has 0 aliphatic carbocycles. The molecule has 1 nitrogen and oxygen atoms in total. The fourth-order valence-electron chi connectivity index (χ4n) is 1.33. The minimum Gasteiger partial charge on any atom is -0.327 e. The Balaban J connectivity index is 2.37. The van der Waals surface area contributed by atoms with Crippen LogP contribution in [0.1, 0.15) is 19.8 Å². The molecule has 0 aliphatic rings. The Morgan fingerprint density at radius 3 is 2.94 bits per heavy atom. The number of thioether (sulfide) groups is 1. The number of hydrogen-bond donors (Lipinski definition) is 1. The largest absolute Gasteiger partial charge is 0.327 e. The second-order valence-corrected chi connectivity index (χ2v) is 4.93. The van der Waals surface area contributed by atoms with E-state index < -0.39 is 0 Å². The Morgan fingerprint density at radius 2 is 2.31 bits per heavy atom. The Bertz CT molecular complexity index is 352. The summed E-state index contributed by atoms with van der Waals surface area (Å²) in [5.41, 5.74) is 7.13. The first-order valence-corrected chi connectivity index (χ1v) is 6.41. The van der Waals surface area contributed by atoms with E-state index in [0.717, 1.165) is 23.5 Å². The zero-order valence-electron chi connectivity index (χ0n) is 9.58. The third-order valence-corrected chi connectivity index (χ3v) is 3.49. The normalized spacial score (nSPS) is 12.4. The van der Waals surface area contributed by atoms with Crippen LogP contribution < -0.4 is 5.73 Å². The highest BCUT2D eigenvalue weighted by Crippen LogP contribution is 2.20. The molecule has 1 atom stereocenters. The van der Waals surface area contributed by atoms with Gasteiger partial charge in [0.15, 0.2) is 0 Å². The third kappa shape index (κ3) is 4.81. The van der Waals surface area contributed by atoms with E-state index in [9.17, 15) is 4.39 Å². The standard InChI is InChI=1S/C13H18FNS/c1-3-10(2)7-12(15)9-16-13-6-4-5-11(14)8-13/h4-6,8,12H,2-3,7,9,15H2,1H3. The Kier molecular flexibility index (Phi) is 5.56. The lowest BCUT2D eigenvalue weighted by molar-refractivity contribution is 0.624. The van der Waals surface area contributed by atoms with Gasteiger partial charge in [-0.15, -0.1) is 11.8 Å². The van der Waals surface area contributed by atoms with Gasteiger partial charge < -0.3 is 5.73 Å². The van der Waals surface area contributed by atoms with Gasteiger partial charge in [0.2, 0.25) is 0 Å². The van der Waals surface area contributed by atoms with E-state index in [2.05, 4.69) is 13.5 Å². The van der Waals surface area contributed by atoms with Crippen molar-refractivity contribution in [2.75, 3.05) is 5.75 Å². The van der Waals surface area contributed by atoms with E-state index in [4.69, 9.17) is 5.73 Å². The van der Waals surface area contributed by atoms with Crippen molar-refractivity contribution in [2.45, 2.75) is 30.7 Å². The van der Waals surface area contributed by atoms with Gasteiger partial charge in [0, 0.05) is 16.7 Å². The van der Waals surface area contributed by atoms with Crippen molar-refractivity contribution in [3.05, 3.63) is 42.2 Å². The Hall–Kier alpha value is -0.800. The molecule has 0 aliphatic heterocycles. The van der Waals surface area contributed by atoms with Gasteiger partial charge in [-0.25, -0.2) is 4.39 Å². The topological polar surface area (TPSA) is 26.0 Å². The van der Waals surface area contributed by atoms with Crippen LogP contribution in [0.2, 0.25) is 0 Å². The Labute approximate surface area is 101 Å². The molecule has 0 saturated heterocycles. The fourth-order valence-corrected chi connectivity index (χ4v) is 2.23. The molecule has 2 N–H and O–H groups in total. The Morgan fingerprint density at radius 1 is 1.56 bits per heavy atom. The maximum Gasteiger partial charge on any atom is 0.124 e. The summed E-state index contributed by atoms with van der Waals surface area (Å²) in [7, 11) is 0. The van der Waals surface area contributed by atoms with Gasteiger partial charge in [0.25, 0.3) is 0 Å². The lowest BCUT2D eigenvalue weighted by Gasteiger charge is -2.12. The highest BCUT2D eigenvalue weighted by molar-refractivity contribution is 7.99. The van der Waals surface area contributed by atoms with E-state index in [-0.39, 0.29) is 11.9 Å². The summed E-state index contributed by atoms with van der Waals surface area (Å²) in [6.07, 6.45) is 1.82. The van der Waals surface area contributed by atoms with Crippen molar-refractivity contribution in [3.8, 4) is 0 Å². The minimum atomic E-state index is -0.198. The van der Waals surface area contributed by atoms with Crippen LogP contribution in [0.25, 0.3) is 0 Å². The second kappa shape index (κ2) is 6.71. The van der Waals surface area contributed by atoms with Crippen molar-refractivity contribution in [1.82, 2.24) is 0 Å². The highest BCUT2D eigenvalue weighted by Gasteiger charge is 2.05. The maximum atomic E-state index is 12.9. The van der Waals surface area contributed by atoms with Gasteiger partial charge in [-0.1, -0.05) is 25.1 Å². The van der Waals surface area contributed by atoms with Crippen molar-refractivity contribution >= 4 is 11.8 Å². The van der Waals surface area contributed by atoms with Crippen LogP contribution in [0, 0.1) is 5.82 Å². The smallest absolute Gasteiger partial charge is 0.124 e. The lowest BCUT2D eigenvalue weighted by atomic mass is 10.1. The summed E-state index contributed by atoms with van der Waals surface area (Å²) in [5, 5.41) is 0. The van der Waals surface area contributed by atoms with Crippen LogP contribution >= 0.6 is 11.8 Å². The minimum absolute atomic E-state index is 0.0979. The lowest BCUT2D eigenvalue weighted by Crippen LogP contribution is -2.23. The average molecular weight is 239 g/mol. The molecule has 0 saturated carbocycles. The van der Waals surface area contributed by atoms with E-state index in [1.807, 2.05) is 6.07 Å². The van der Waals surface area contributed by atoms with Crippen LogP contribution in [-0.2, 0) is 0 Å². The zero-order chi connectivity index (χ0) is 12.0. The summed E-state index contributed by atoms with van der Waals surface area (Å²) in [4.78, 5) is 0.928. The highest BCUT2D eigenvalue weighted by atomic mass is 32.2. The monoisotopic (exact) mass is 239 g/mol. The van der Waals surface area contributed by atoms with E-state index in [0.29, 0.717) is 0 Å². The number of halogens is 1. The van der Waals surface area contributed by atoms with Crippen molar-refractivity contribution in [1.29, 1.82) is 0 Å². The molecule has 0 bridgehead atoms. The summed E-state index contributed by atoms with van der Waals surface area (Å²) in [6.45, 7) is 6.01. The molecule has 88 valence electrons. The molecule has 0 spiro atoms. The summed E-state index contributed by atoms with van der Waals surface area (Å²) < 4.78 is 12.9. The molecule has 1 aromatic rings. The van der Waals surface area contributed by atoms with Crippen molar-refractivity contribution < 1.29 is 4.39 Å². The van der Waals surface area contributed by atoms with Crippen LogP contribution in [-0.4, -0.2) is 11.8 Å². The first-order valence-electron chi connectivity index (χ1n) is 5.42. The molecule has 3 heteroatoms. The fraction of sp³-hybridized carbons (Fsp3) is 0.385. The van der Waals surface area contributed by atoms with Crippen LogP contribution in [0.3, 0.4) is 0 Å². The van der Waals surface area contributed by atoms with Crippen LogP contribution in [0.15, 0.2) is 41.3 Å². The molecule has 0 amide bonds. The van der Waals surface area contributed by atoms with Gasteiger partial charge in [-0.2, -0.15) is 0 Å². The number of nitrogens with two attached hydrogens (primary N) is 1. The molecule has 0 fully saturated rings. The molecular weight excluding hydrogens is 221 g/mol. The van der Waals surface area contributed by atoms with Gasteiger partial charge in [-0.3, -0.25) is 0 Å². The zero-order valence-corrected chi connectivity index (χ0v) is 10.4. The molecule has 0 aromatic heterocycles. The molecule has 1 rings (SSSR count). The average Bonchev–Trinajstić information content (AvgIpc) is 2.26. The number of benzene rings is 1. The number of rotatable bonds is 6. The van der Waals surface area contributed by atoms with Crippen molar-refractivity contribution in [3.63, 3.8) is 0 Å². The summed E-state index contributed by atoms with van der Waals surface area (Å²) in [6, 6.07) is 6.69. The summed E-state index contributed by atoms with van der Waals surface area (Å²) in [5.74, 6) is 0.596.